The van der Waals surface area contributed by atoms with Crippen molar-refractivity contribution < 1.29 is 19.0 Å². The van der Waals surface area contributed by atoms with E-state index >= 15 is 0 Å². The summed E-state index contributed by atoms with van der Waals surface area (Å²) in [5.41, 5.74) is 1.44. The van der Waals surface area contributed by atoms with E-state index in [4.69, 9.17) is 4.74 Å². The van der Waals surface area contributed by atoms with Gasteiger partial charge in [0.25, 0.3) is 0 Å². The molecule has 0 spiro atoms. The Labute approximate surface area is 140 Å². The number of rotatable bonds is 7. The van der Waals surface area contributed by atoms with E-state index in [0.717, 1.165) is 12.1 Å². The lowest BCUT2D eigenvalue weighted by Crippen LogP contribution is -2.32. The van der Waals surface area contributed by atoms with Crippen molar-refractivity contribution in [3.05, 3.63) is 35.8 Å². The second-order valence-electron chi connectivity index (χ2n) is 5.64. The summed E-state index contributed by atoms with van der Waals surface area (Å²) >= 11 is 0. The van der Waals surface area contributed by atoms with Gasteiger partial charge in [-0.25, -0.2) is 9.07 Å². The van der Waals surface area contributed by atoms with Gasteiger partial charge in [-0.05, 0) is 18.6 Å². The van der Waals surface area contributed by atoms with Crippen LogP contribution in [0.5, 0.6) is 0 Å². The van der Waals surface area contributed by atoms with Gasteiger partial charge in [0.2, 0.25) is 0 Å². The molecule has 0 radical (unpaired) electrons. The van der Waals surface area contributed by atoms with Crippen LogP contribution in [-0.2, 0) is 16.0 Å². The molecule has 2 rings (SSSR count). The third-order valence-electron chi connectivity index (χ3n) is 3.65. The number of carbonyl (C=O) groups excluding carboxylic acids is 1. The zero-order valence-corrected chi connectivity index (χ0v) is 13.9. The molecule has 0 amide bonds. The highest BCUT2D eigenvalue weighted by atomic mass is 19.1. The molecule has 0 aromatic carbocycles. The summed E-state index contributed by atoms with van der Waals surface area (Å²) in [5.74, 6) is -0.470. The monoisotopic (exact) mass is 338 g/mol. The van der Waals surface area contributed by atoms with Crippen molar-refractivity contribution in [1.82, 2.24) is 20.3 Å². The summed E-state index contributed by atoms with van der Waals surface area (Å²) in [6.07, 6.45) is 6.13. The zero-order valence-electron chi connectivity index (χ0n) is 13.9. The first kappa shape index (κ1) is 18.1. The fourth-order valence-electron chi connectivity index (χ4n) is 2.40. The molecule has 0 fully saturated rings. The largest absolute Gasteiger partial charge is 0.458 e. The van der Waals surface area contributed by atoms with Crippen molar-refractivity contribution in [2.75, 3.05) is 13.2 Å². The van der Waals surface area contributed by atoms with Gasteiger partial charge in [0.15, 0.2) is 0 Å². The van der Waals surface area contributed by atoms with E-state index in [1.54, 1.807) is 10.8 Å². The molecule has 0 saturated carbocycles. The number of halogens is 1. The average molecular weight is 338 g/mol. The number of aromatic nitrogens is 3. The van der Waals surface area contributed by atoms with Crippen molar-refractivity contribution in [2.24, 2.45) is 0 Å². The van der Waals surface area contributed by atoms with Crippen molar-refractivity contribution in [2.45, 2.75) is 45.0 Å². The number of carbonyl (C=O) groups is 1. The molecule has 8 heteroatoms. The number of nitrogens with zero attached hydrogens (tertiary/aromatic N) is 3. The number of aliphatic hydroxyl groups is 1. The number of aryl methyl sites for hydroxylation is 1. The molecule has 1 heterocycles. The SMILES string of the molecule is CCc1cn(C2C=CC(NCC(CO)OC(C)=O)=CC(F)C2)nn1. The Morgan fingerprint density at radius 1 is 1.62 bits per heavy atom. The Kier molecular flexibility index (Phi) is 6.48. The Balaban J connectivity index is 1.99. The van der Waals surface area contributed by atoms with Crippen LogP contribution < -0.4 is 5.32 Å². The van der Waals surface area contributed by atoms with Gasteiger partial charge in [-0.1, -0.05) is 18.2 Å². The standard InChI is InChI=1S/C16H23FN4O3/c1-3-13-9-21(20-19-13)15-5-4-14(6-12(17)7-15)18-8-16(10-22)24-11(2)23/h4-6,9,12,15-16,18,22H,3,7-8,10H2,1-2H3. The highest BCUT2D eigenvalue weighted by Crippen LogP contribution is 2.22. The average Bonchev–Trinajstić information content (AvgIpc) is 2.95. The van der Waals surface area contributed by atoms with Crippen LogP contribution >= 0.6 is 0 Å². The minimum Gasteiger partial charge on any atom is -0.458 e. The molecule has 132 valence electrons. The predicted octanol–water partition coefficient (Wildman–Crippen LogP) is 1.08. The van der Waals surface area contributed by atoms with Crippen molar-refractivity contribution in [3.8, 4) is 0 Å². The third-order valence-corrected chi connectivity index (χ3v) is 3.65. The Hall–Kier alpha value is -2.22. The lowest BCUT2D eigenvalue weighted by atomic mass is 10.1. The molecule has 1 aromatic heterocycles. The summed E-state index contributed by atoms with van der Waals surface area (Å²) in [5, 5.41) is 20.2. The molecular formula is C16H23FN4O3. The van der Waals surface area contributed by atoms with Crippen molar-refractivity contribution in [3.63, 3.8) is 0 Å². The van der Waals surface area contributed by atoms with E-state index in [1.807, 2.05) is 19.2 Å². The third kappa shape index (κ3) is 5.16. The van der Waals surface area contributed by atoms with Gasteiger partial charge in [0.05, 0.1) is 24.9 Å². The number of allylic oxidation sites excluding steroid dienone is 3. The second-order valence-corrected chi connectivity index (χ2v) is 5.64. The van der Waals surface area contributed by atoms with Crippen molar-refractivity contribution in [1.29, 1.82) is 0 Å². The predicted molar refractivity (Wildman–Crippen MR) is 85.8 cm³/mol. The summed E-state index contributed by atoms with van der Waals surface area (Å²) in [6.45, 7) is 3.16. The van der Waals surface area contributed by atoms with E-state index in [0.29, 0.717) is 5.70 Å². The lowest BCUT2D eigenvalue weighted by molar-refractivity contribution is -0.147. The highest BCUT2D eigenvalue weighted by molar-refractivity contribution is 5.66. The molecule has 3 unspecified atom stereocenters. The summed E-state index contributed by atoms with van der Waals surface area (Å²) in [4.78, 5) is 10.9. The summed E-state index contributed by atoms with van der Waals surface area (Å²) < 4.78 is 20.8. The molecular weight excluding hydrogens is 315 g/mol. The first-order valence-electron chi connectivity index (χ1n) is 7.98. The van der Waals surface area contributed by atoms with Crippen LogP contribution in [-0.4, -0.2) is 51.5 Å². The summed E-state index contributed by atoms with van der Waals surface area (Å²) in [6, 6.07) is -0.217. The van der Waals surface area contributed by atoms with Gasteiger partial charge in [0.1, 0.15) is 12.3 Å². The van der Waals surface area contributed by atoms with Crippen LogP contribution in [0, 0.1) is 0 Å². The first-order valence-corrected chi connectivity index (χ1v) is 7.98. The first-order chi connectivity index (χ1) is 11.5. The number of alkyl halides is 1. The van der Waals surface area contributed by atoms with Crippen molar-refractivity contribution >= 4 is 5.97 Å². The number of hydrogen-bond acceptors (Lipinski definition) is 6. The fourth-order valence-corrected chi connectivity index (χ4v) is 2.40. The number of hydrogen-bond donors (Lipinski definition) is 2. The molecule has 3 atom stereocenters. The van der Waals surface area contributed by atoms with Gasteiger partial charge >= 0.3 is 5.97 Å². The van der Waals surface area contributed by atoms with Gasteiger partial charge in [-0.2, -0.15) is 0 Å². The highest BCUT2D eigenvalue weighted by Gasteiger charge is 2.19. The maximum Gasteiger partial charge on any atom is 0.303 e. The van der Waals surface area contributed by atoms with Gasteiger partial charge < -0.3 is 15.2 Å². The van der Waals surface area contributed by atoms with Crippen LogP contribution in [0.3, 0.4) is 0 Å². The lowest BCUT2D eigenvalue weighted by Gasteiger charge is -2.16. The minimum atomic E-state index is -1.15. The number of aliphatic hydroxyl groups excluding tert-OH is 1. The summed E-state index contributed by atoms with van der Waals surface area (Å²) in [7, 11) is 0. The van der Waals surface area contributed by atoms with E-state index in [1.165, 1.54) is 13.0 Å². The molecule has 0 aliphatic heterocycles. The zero-order chi connectivity index (χ0) is 17.5. The Bertz CT molecular complexity index is 614. The van der Waals surface area contributed by atoms with Crippen LogP contribution in [0.4, 0.5) is 4.39 Å². The maximum atomic E-state index is 14.2. The van der Waals surface area contributed by atoms with Crippen LogP contribution in [0.2, 0.25) is 0 Å². The molecule has 2 N–H and O–H groups in total. The molecule has 0 bridgehead atoms. The van der Waals surface area contributed by atoms with Crippen LogP contribution in [0.15, 0.2) is 30.1 Å². The van der Waals surface area contributed by atoms with Crippen LogP contribution in [0.1, 0.15) is 32.0 Å². The number of nitrogens with one attached hydrogen (secondary N) is 1. The Morgan fingerprint density at radius 3 is 3.04 bits per heavy atom. The molecule has 7 nitrogen and oxygen atoms in total. The minimum absolute atomic E-state index is 0.201. The number of esters is 1. The quantitative estimate of drug-likeness (QED) is 0.723. The molecule has 0 saturated heterocycles. The molecule has 1 aliphatic carbocycles. The van der Waals surface area contributed by atoms with Gasteiger partial charge in [-0.3, -0.25) is 4.79 Å². The smallest absolute Gasteiger partial charge is 0.303 e. The van der Waals surface area contributed by atoms with Gasteiger partial charge in [0, 0.05) is 25.2 Å². The maximum absolute atomic E-state index is 14.2. The topological polar surface area (TPSA) is 89.3 Å². The van der Waals surface area contributed by atoms with Gasteiger partial charge in [-0.15, -0.1) is 5.10 Å². The van der Waals surface area contributed by atoms with Crippen LogP contribution in [0.25, 0.3) is 0 Å². The molecule has 1 aliphatic rings. The Morgan fingerprint density at radius 2 is 2.42 bits per heavy atom. The van der Waals surface area contributed by atoms with E-state index in [2.05, 4.69) is 15.6 Å². The second kappa shape index (κ2) is 8.58. The molecule has 1 aromatic rings. The van der Waals surface area contributed by atoms with E-state index < -0.39 is 18.2 Å². The van der Waals surface area contributed by atoms with E-state index in [-0.39, 0.29) is 25.6 Å². The number of ether oxygens (including phenoxy) is 1. The fraction of sp³-hybridized carbons (Fsp3) is 0.562. The van der Waals surface area contributed by atoms with E-state index in [9.17, 15) is 14.3 Å². The molecule has 24 heavy (non-hydrogen) atoms. The normalized spacial score (nSPS) is 21.8.